The monoisotopic (exact) mass is 288 g/mol. The van der Waals surface area contributed by atoms with Gasteiger partial charge in [0.25, 0.3) is 0 Å². The van der Waals surface area contributed by atoms with Crippen molar-refractivity contribution in [3.05, 3.63) is 24.3 Å². The molecule has 0 unspecified atom stereocenters. The Balaban J connectivity index is 0.00000162. The van der Waals surface area contributed by atoms with Crippen LogP contribution in [0.5, 0.6) is 5.75 Å². The van der Waals surface area contributed by atoms with Gasteiger partial charge in [-0.3, -0.25) is 9.89 Å². The van der Waals surface area contributed by atoms with Gasteiger partial charge in [-0.2, -0.15) is 0 Å². The number of carbonyl (C=O) groups is 1. The smallest absolute Gasteiger partial charge is 0.328 e. The molecule has 1 aromatic rings. The van der Waals surface area contributed by atoms with E-state index in [4.69, 9.17) is 10.5 Å². The number of halogens is 1. The first kappa shape index (κ1) is 17.0. The maximum Gasteiger partial charge on any atom is 0.328 e. The van der Waals surface area contributed by atoms with Crippen molar-refractivity contribution in [3.63, 3.8) is 0 Å². The topological polar surface area (TPSA) is 111 Å². The Labute approximate surface area is 117 Å². The molecule has 1 aliphatic heterocycles. The zero-order valence-electron chi connectivity index (χ0n) is 10.4. The summed E-state index contributed by atoms with van der Waals surface area (Å²) in [7, 11) is 1.58. The van der Waals surface area contributed by atoms with E-state index in [1.807, 2.05) is 0 Å². The Morgan fingerprint density at radius 2 is 2.26 bits per heavy atom. The lowest BCUT2D eigenvalue weighted by Crippen LogP contribution is -2.41. The van der Waals surface area contributed by atoms with Gasteiger partial charge in [-0.1, -0.05) is 6.07 Å². The van der Waals surface area contributed by atoms with Crippen LogP contribution in [0.15, 0.2) is 29.3 Å². The van der Waals surface area contributed by atoms with Gasteiger partial charge in [0.2, 0.25) is 0 Å². The third kappa shape index (κ3) is 4.01. The molecule has 0 fully saturated rings. The highest BCUT2D eigenvalue weighted by Gasteiger charge is 2.21. The van der Waals surface area contributed by atoms with Gasteiger partial charge in [-0.05, 0) is 12.1 Å². The van der Waals surface area contributed by atoms with Crippen molar-refractivity contribution < 1.29 is 15.0 Å². The van der Waals surface area contributed by atoms with Crippen molar-refractivity contribution in [1.29, 1.82) is 0 Å². The van der Waals surface area contributed by atoms with E-state index >= 15 is 0 Å². The van der Waals surface area contributed by atoms with E-state index < -0.39 is 0 Å². The number of hydrogen-bond acceptors (Lipinski definition) is 4. The number of methoxy groups -OCH3 is 1. The van der Waals surface area contributed by atoms with Gasteiger partial charge in [0.1, 0.15) is 5.75 Å². The van der Waals surface area contributed by atoms with Crippen LogP contribution in [0.3, 0.4) is 0 Å². The second kappa shape index (κ2) is 7.45. The summed E-state index contributed by atoms with van der Waals surface area (Å²) in [6.45, 7) is 1.07. The summed E-state index contributed by atoms with van der Waals surface area (Å²) in [6.07, 6.45) is 0. The van der Waals surface area contributed by atoms with Crippen molar-refractivity contribution in [2.75, 3.05) is 25.5 Å². The maximum absolute atomic E-state index is 11.8. The molecule has 1 aliphatic rings. The van der Waals surface area contributed by atoms with Crippen LogP contribution in [-0.4, -0.2) is 42.6 Å². The average molecular weight is 289 g/mol. The lowest BCUT2D eigenvalue weighted by Gasteiger charge is -2.16. The number of carbonyl (C=O) groups excluding carboxylic acids is 1. The lowest BCUT2D eigenvalue weighted by molar-refractivity contribution is 0.236. The Hall–Kier alpha value is -1.99. The first-order chi connectivity index (χ1) is 8.20. The number of rotatable bonds is 2. The molecule has 1 heterocycles. The Morgan fingerprint density at radius 3 is 2.84 bits per heavy atom. The molecule has 5 N–H and O–H groups in total. The second-order valence-electron chi connectivity index (χ2n) is 3.55. The van der Waals surface area contributed by atoms with Crippen molar-refractivity contribution in [2.24, 2.45) is 10.7 Å². The number of hydrogen-bond donors (Lipinski definition) is 2. The number of urea groups is 1. The number of nitrogens with one attached hydrogen (secondary N) is 1. The third-order valence-electron chi connectivity index (χ3n) is 2.44. The Bertz CT molecular complexity index is 467. The molecule has 0 aromatic heterocycles. The molecule has 8 heteroatoms. The van der Waals surface area contributed by atoms with E-state index in [0.717, 1.165) is 0 Å². The van der Waals surface area contributed by atoms with Crippen LogP contribution in [0.4, 0.5) is 10.5 Å². The van der Waals surface area contributed by atoms with Crippen molar-refractivity contribution in [1.82, 2.24) is 4.90 Å². The molecule has 2 amide bonds. The van der Waals surface area contributed by atoms with Crippen LogP contribution >= 0.6 is 12.4 Å². The first-order valence-corrected chi connectivity index (χ1v) is 5.23. The van der Waals surface area contributed by atoms with Crippen molar-refractivity contribution in [3.8, 4) is 5.75 Å². The van der Waals surface area contributed by atoms with E-state index in [0.29, 0.717) is 24.5 Å². The first-order valence-electron chi connectivity index (χ1n) is 5.23. The Kier molecular flexibility index (Phi) is 6.67. The number of benzene rings is 1. The molecule has 0 atom stereocenters. The second-order valence-corrected chi connectivity index (χ2v) is 3.55. The molecule has 0 radical (unpaired) electrons. The fraction of sp³-hybridized carbons (Fsp3) is 0.273. The largest absolute Gasteiger partial charge is 0.497 e. The van der Waals surface area contributed by atoms with Gasteiger partial charge in [0, 0.05) is 11.8 Å². The number of nitrogens with two attached hydrogens (primary N) is 1. The number of amides is 2. The molecule has 0 aliphatic carbocycles. The van der Waals surface area contributed by atoms with Gasteiger partial charge in [0.05, 0.1) is 20.2 Å². The zero-order chi connectivity index (χ0) is 12.3. The minimum Gasteiger partial charge on any atom is -0.497 e. The van der Waals surface area contributed by atoms with E-state index in [2.05, 4.69) is 10.3 Å². The summed E-state index contributed by atoms with van der Waals surface area (Å²) in [5.74, 6) is 0.941. The molecule has 0 saturated carbocycles. The average Bonchev–Trinajstić information content (AvgIpc) is 2.76. The molecule has 19 heavy (non-hydrogen) atoms. The summed E-state index contributed by atoms with van der Waals surface area (Å²) < 4.78 is 5.07. The number of guanidine groups is 1. The predicted molar refractivity (Wildman–Crippen MR) is 76.1 cm³/mol. The van der Waals surface area contributed by atoms with Gasteiger partial charge in [-0.25, -0.2) is 4.79 Å². The molecule has 2 rings (SSSR count). The molecule has 0 spiro atoms. The van der Waals surface area contributed by atoms with E-state index in [1.54, 1.807) is 31.4 Å². The fourth-order valence-electron chi connectivity index (χ4n) is 1.56. The molecular weight excluding hydrogens is 272 g/mol. The van der Waals surface area contributed by atoms with E-state index in [1.165, 1.54) is 4.90 Å². The Morgan fingerprint density at radius 1 is 1.53 bits per heavy atom. The van der Waals surface area contributed by atoms with Gasteiger partial charge in [0.15, 0.2) is 5.96 Å². The number of anilines is 1. The van der Waals surface area contributed by atoms with Crippen LogP contribution < -0.4 is 15.8 Å². The summed E-state index contributed by atoms with van der Waals surface area (Å²) in [6, 6.07) is 6.85. The third-order valence-corrected chi connectivity index (χ3v) is 2.44. The lowest BCUT2D eigenvalue weighted by atomic mass is 10.3. The number of nitrogens with zero attached hydrogens (tertiary/aromatic N) is 2. The molecule has 1 aromatic carbocycles. The van der Waals surface area contributed by atoms with Crippen molar-refractivity contribution >= 4 is 30.1 Å². The predicted octanol–water partition coefficient (Wildman–Crippen LogP) is 0.454. The maximum atomic E-state index is 11.8. The highest BCUT2D eigenvalue weighted by Crippen LogP contribution is 2.17. The van der Waals surface area contributed by atoms with Crippen LogP contribution in [-0.2, 0) is 0 Å². The van der Waals surface area contributed by atoms with E-state index in [-0.39, 0.29) is 29.9 Å². The summed E-state index contributed by atoms with van der Waals surface area (Å²) in [5.41, 5.74) is 6.24. The van der Waals surface area contributed by atoms with Gasteiger partial charge >= 0.3 is 6.03 Å². The highest BCUT2D eigenvalue weighted by atomic mass is 35.5. The van der Waals surface area contributed by atoms with E-state index in [9.17, 15) is 4.79 Å². The summed E-state index contributed by atoms with van der Waals surface area (Å²) in [5, 5.41) is 2.74. The van der Waals surface area contributed by atoms with Crippen LogP contribution in [0.1, 0.15) is 0 Å². The van der Waals surface area contributed by atoms with Gasteiger partial charge < -0.3 is 21.3 Å². The molecule has 0 bridgehead atoms. The standard InChI is InChI=1S/C11H14N4O2.ClH.H2O/c1-17-9-4-2-3-8(7-9)14-11(16)15-6-5-13-10(15)12;;/h2-4,7H,5-6H2,1H3,(H2,12,13)(H,14,16);1H;1H2. The molecule has 7 nitrogen and oxygen atoms in total. The zero-order valence-corrected chi connectivity index (χ0v) is 11.2. The minimum atomic E-state index is -0.281. The SMILES string of the molecule is COc1cccc(NC(=O)N2CCN=C2N)c1.Cl.O. The van der Waals surface area contributed by atoms with Crippen molar-refractivity contribution in [2.45, 2.75) is 0 Å². The minimum absolute atomic E-state index is 0. The summed E-state index contributed by atoms with van der Waals surface area (Å²) >= 11 is 0. The summed E-state index contributed by atoms with van der Waals surface area (Å²) in [4.78, 5) is 17.2. The fourth-order valence-corrected chi connectivity index (χ4v) is 1.56. The van der Waals surface area contributed by atoms with Gasteiger partial charge in [-0.15, -0.1) is 12.4 Å². The highest BCUT2D eigenvalue weighted by molar-refractivity contribution is 6.02. The van der Waals surface area contributed by atoms with Crippen LogP contribution in [0.2, 0.25) is 0 Å². The molecule has 106 valence electrons. The molecule has 0 saturated heterocycles. The van der Waals surface area contributed by atoms with Crippen LogP contribution in [0.25, 0.3) is 0 Å². The molecular formula is C11H17ClN4O3. The number of aliphatic imine (C=N–C) groups is 1. The quantitative estimate of drug-likeness (QED) is 0.824. The number of ether oxygens (including phenoxy) is 1. The van der Waals surface area contributed by atoms with Crippen LogP contribution in [0, 0.1) is 0 Å². The normalized spacial score (nSPS) is 12.9.